The lowest BCUT2D eigenvalue weighted by Crippen LogP contribution is -2.10. The van der Waals surface area contributed by atoms with Gasteiger partial charge in [-0.05, 0) is 70.4 Å². The molecule has 0 N–H and O–H groups in total. The lowest BCUT2D eigenvalue weighted by atomic mass is 10.0. The molecular formula is C40H24ClNS2. The molecule has 44 heavy (non-hydrogen) atoms. The number of hydrogen-bond acceptors (Lipinski definition) is 3. The van der Waals surface area contributed by atoms with Crippen LogP contribution in [0.25, 0.3) is 62.2 Å². The number of thiophene rings is 2. The average molecular weight is 618 g/mol. The van der Waals surface area contributed by atoms with Crippen LogP contribution in [-0.4, -0.2) is 0 Å². The molecule has 4 heteroatoms. The first kappa shape index (κ1) is 25.8. The van der Waals surface area contributed by atoms with Crippen LogP contribution in [0.4, 0.5) is 17.1 Å². The van der Waals surface area contributed by atoms with E-state index >= 15 is 0 Å². The van der Waals surface area contributed by atoms with Gasteiger partial charge in [0.05, 0.1) is 10.7 Å². The van der Waals surface area contributed by atoms with E-state index in [4.69, 9.17) is 11.6 Å². The molecule has 0 fully saturated rings. The highest BCUT2D eigenvalue weighted by atomic mass is 35.5. The summed E-state index contributed by atoms with van der Waals surface area (Å²) in [6.45, 7) is 0. The van der Waals surface area contributed by atoms with E-state index in [0.717, 1.165) is 21.8 Å². The maximum Gasteiger partial charge on any atom is 0.0554 e. The van der Waals surface area contributed by atoms with Gasteiger partial charge in [-0.15, -0.1) is 22.7 Å². The smallest absolute Gasteiger partial charge is 0.0554 e. The molecule has 0 spiro atoms. The Bertz CT molecular complexity index is 2510. The molecule has 1 nitrogen and oxygen atoms in total. The maximum absolute atomic E-state index is 6.92. The van der Waals surface area contributed by atoms with Crippen molar-refractivity contribution in [1.82, 2.24) is 0 Å². The molecule has 0 unspecified atom stereocenters. The molecule has 0 aliphatic heterocycles. The molecule has 0 saturated heterocycles. The number of halogens is 1. The summed E-state index contributed by atoms with van der Waals surface area (Å²) >= 11 is 10.6. The molecule has 208 valence electrons. The van der Waals surface area contributed by atoms with Crippen molar-refractivity contribution in [3.8, 4) is 11.1 Å². The summed E-state index contributed by atoms with van der Waals surface area (Å²) in [6.07, 6.45) is 0. The Hall–Kier alpha value is -4.67. The summed E-state index contributed by atoms with van der Waals surface area (Å²) in [6, 6.07) is 52.4. The molecule has 0 radical (unpaired) electrons. The van der Waals surface area contributed by atoms with Crippen LogP contribution >= 0.6 is 34.3 Å². The van der Waals surface area contributed by atoms with Gasteiger partial charge in [0.1, 0.15) is 0 Å². The summed E-state index contributed by atoms with van der Waals surface area (Å²) in [5.74, 6) is 0. The molecule has 0 aliphatic rings. The molecule has 2 heterocycles. The standard InChI is InChI=1S/C40H24ClNS2/c41-33-23-27-11-4-5-12-30(27)40-38(33)32-22-21-29(24-37(32)44-40)42(28-19-17-26(18-20-28)25-9-2-1-3-10-25)34-14-8-16-36-39(34)31-13-6-7-15-35(31)43-36/h1-24H. The highest BCUT2D eigenvalue weighted by Crippen LogP contribution is 2.48. The zero-order chi connectivity index (χ0) is 29.2. The summed E-state index contributed by atoms with van der Waals surface area (Å²) in [4.78, 5) is 2.42. The number of anilines is 3. The van der Waals surface area contributed by atoms with Crippen molar-refractivity contribution in [3.63, 3.8) is 0 Å². The van der Waals surface area contributed by atoms with Crippen molar-refractivity contribution < 1.29 is 0 Å². The molecule has 0 saturated carbocycles. The van der Waals surface area contributed by atoms with Gasteiger partial charge in [-0.3, -0.25) is 0 Å². The fourth-order valence-corrected chi connectivity index (χ4v) is 9.29. The van der Waals surface area contributed by atoms with Gasteiger partial charge in [-0.25, -0.2) is 0 Å². The Morgan fingerprint density at radius 1 is 0.455 bits per heavy atom. The first-order valence-corrected chi connectivity index (χ1v) is 16.6. The predicted molar refractivity (Wildman–Crippen MR) is 195 cm³/mol. The van der Waals surface area contributed by atoms with E-state index in [2.05, 4.69) is 150 Å². The molecule has 9 rings (SSSR count). The van der Waals surface area contributed by atoms with Gasteiger partial charge in [0.15, 0.2) is 0 Å². The first-order valence-electron chi connectivity index (χ1n) is 14.6. The monoisotopic (exact) mass is 617 g/mol. The number of nitrogens with zero attached hydrogens (tertiary/aromatic N) is 1. The van der Waals surface area contributed by atoms with Crippen molar-refractivity contribution in [2.24, 2.45) is 0 Å². The summed E-state index contributed by atoms with van der Waals surface area (Å²) < 4.78 is 5.06. The molecular weight excluding hydrogens is 594 g/mol. The number of rotatable bonds is 4. The number of benzene rings is 7. The molecule has 2 aromatic heterocycles. The minimum Gasteiger partial charge on any atom is -0.310 e. The minimum atomic E-state index is 0.806. The third kappa shape index (κ3) is 4.05. The van der Waals surface area contributed by atoms with E-state index in [1.807, 2.05) is 22.7 Å². The Labute approximate surface area is 267 Å². The van der Waals surface area contributed by atoms with Gasteiger partial charge in [0, 0.05) is 51.7 Å². The Balaban J connectivity index is 1.29. The number of fused-ring (bicyclic) bond motifs is 8. The Morgan fingerprint density at radius 2 is 1.14 bits per heavy atom. The summed E-state index contributed by atoms with van der Waals surface area (Å²) in [5, 5.41) is 8.14. The van der Waals surface area contributed by atoms with Crippen molar-refractivity contribution >= 4 is 102 Å². The largest absolute Gasteiger partial charge is 0.310 e. The van der Waals surface area contributed by atoms with E-state index in [-0.39, 0.29) is 0 Å². The van der Waals surface area contributed by atoms with E-state index in [1.54, 1.807) is 0 Å². The second-order valence-electron chi connectivity index (χ2n) is 11.1. The van der Waals surface area contributed by atoms with Crippen LogP contribution in [-0.2, 0) is 0 Å². The summed E-state index contributed by atoms with van der Waals surface area (Å²) in [7, 11) is 0. The molecule has 0 atom stereocenters. The molecule has 7 aromatic carbocycles. The van der Waals surface area contributed by atoms with E-state index in [9.17, 15) is 0 Å². The van der Waals surface area contributed by atoms with E-state index in [1.165, 1.54) is 62.5 Å². The normalized spacial score (nSPS) is 11.8. The van der Waals surface area contributed by atoms with Gasteiger partial charge >= 0.3 is 0 Å². The van der Waals surface area contributed by atoms with Crippen molar-refractivity contribution in [2.75, 3.05) is 4.90 Å². The average Bonchev–Trinajstić information content (AvgIpc) is 3.65. The number of hydrogen-bond donors (Lipinski definition) is 0. The van der Waals surface area contributed by atoms with Crippen LogP contribution in [0.15, 0.2) is 146 Å². The van der Waals surface area contributed by atoms with Crippen molar-refractivity contribution in [3.05, 3.63) is 151 Å². The second kappa shape index (κ2) is 10.2. The summed E-state index contributed by atoms with van der Waals surface area (Å²) in [5.41, 5.74) is 5.84. The quantitative estimate of drug-likeness (QED) is 0.190. The topological polar surface area (TPSA) is 3.24 Å². The van der Waals surface area contributed by atoms with Crippen molar-refractivity contribution in [2.45, 2.75) is 0 Å². The zero-order valence-corrected chi connectivity index (χ0v) is 25.9. The highest BCUT2D eigenvalue weighted by molar-refractivity contribution is 7.27. The SMILES string of the molecule is Clc1cc2ccccc2c2sc3cc(N(c4ccc(-c5ccccc5)cc4)c4cccc5sc6ccccc6c45)ccc3c12. The lowest BCUT2D eigenvalue weighted by Gasteiger charge is -2.27. The van der Waals surface area contributed by atoms with Crippen molar-refractivity contribution in [1.29, 1.82) is 0 Å². The van der Waals surface area contributed by atoms with Crippen LogP contribution in [0, 0.1) is 0 Å². The molecule has 0 bridgehead atoms. The first-order chi connectivity index (χ1) is 21.7. The minimum absolute atomic E-state index is 0.806. The Kier molecular flexibility index (Phi) is 5.99. The van der Waals surface area contributed by atoms with Gasteiger partial charge in [0.25, 0.3) is 0 Å². The van der Waals surface area contributed by atoms with Gasteiger partial charge < -0.3 is 4.90 Å². The van der Waals surface area contributed by atoms with Gasteiger partial charge in [-0.2, -0.15) is 0 Å². The van der Waals surface area contributed by atoms with Crippen LogP contribution in [0.3, 0.4) is 0 Å². The van der Waals surface area contributed by atoms with Crippen LogP contribution in [0.2, 0.25) is 5.02 Å². The third-order valence-corrected chi connectivity index (χ3v) is 11.1. The predicted octanol–water partition coefficient (Wildman–Crippen LogP) is 13.4. The van der Waals surface area contributed by atoms with Crippen LogP contribution < -0.4 is 4.90 Å². The van der Waals surface area contributed by atoms with E-state index < -0.39 is 0 Å². The second-order valence-corrected chi connectivity index (χ2v) is 13.6. The lowest BCUT2D eigenvalue weighted by molar-refractivity contribution is 1.31. The Morgan fingerprint density at radius 3 is 2.00 bits per heavy atom. The van der Waals surface area contributed by atoms with E-state index in [0.29, 0.717) is 0 Å². The zero-order valence-electron chi connectivity index (χ0n) is 23.5. The third-order valence-electron chi connectivity index (χ3n) is 8.51. The maximum atomic E-state index is 6.92. The fourth-order valence-electron chi connectivity index (χ4n) is 6.49. The van der Waals surface area contributed by atoms with Gasteiger partial charge in [0.2, 0.25) is 0 Å². The fraction of sp³-hybridized carbons (Fsp3) is 0. The molecule has 9 aromatic rings. The molecule has 0 aliphatic carbocycles. The van der Waals surface area contributed by atoms with Gasteiger partial charge in [-0.1, -0.05) is 109 Å². The highest BCUT2D eigenvalue weighted by Gasteiger charge is 2.20. The van der Waals surface area contributed by atoms with Crippen LogP contribution in [0.5, 0.6) is 0 Å². The van der Waals surface area contributed by atoms with Crippen LogP contribution in [0.1, 0.15) is 0 Å². The molecule has 0 amide bonds.